The second kappa shape index (κ2) is 3.56. The Morgan fingerprint density at radius 2 is 2.00 bits per heavy atom. The minimum absolute atomic E-state index is 0.00880. The first kappa shape index (κ1) is 9.45. The van der Waals surface area contributed by atoms with E-state index in [2.05, 4.69) is 15.2 Å². The standard InChI is InChI=1S/C9H6F2N4/c10-5-1-2-7(11)6(3-5)8-9(12)13-4-14-15-8/h1-4H,(H2,12,13,14). The van der Waals surface area contributed by atoms with Crippen molar-refractivity contribution in [2.45, 2.75) is 0 Å². The molecule has 2 rings (SSSR count). The van der Waals surface area contributed by atoms with E-state index >= 15 is 0 Å². The number of benzene rings is 1. The van der Waals surface area contributed by atoms with Crippen LogP contribution in [0.5, 0.6) is 0 Å². The highest BCUT2D eigenvalue weighted by Gasteiger charge is 2.11. The predicted octanol–water partition coefficient (Wildman–Crippen LogP) is 1.40. The van der Waals surface area contributed by atoms with E-state index < -0.39 is 11.6 Å². The fourth-order valence-corrected chi connectivity index (χ4v) is 1.15. The molecule has 1 aromatic heterocycles. The molecule has 0 spiro atoms. The van der Waals surface area contributed by atoms with E-state index in [9.17, 15) is 8.78 Å². The van der Waals surface area contributed by atoms with Crippen molar-refractivity contribution in [1.29, 1.82) is 0 Å². The third kappa shape index (κ3) is 1.74. The Balaban J connectivity index is 2.64. The minimum atomic E-state index is -0.620. The molecule has 0 aliphatic carbocycles. The van der Waals surface area contributed by atoms with Crippen LogP contribution >= 0.6 is 0 Å². The molecule has 76 valence electrons. The van der Waals surface area contributed by atoms with Gasteiger partial charge in [0.2, 0.25) is 0 Å². The van der Waals surface area contributed by atoms with Crippen LogP contribution < -0.4 is 5.73 Å². The molecular formula is C9H6F2N4. The van der Waals surface area contributed by atoms with Gasteiger partial charge in [0, 0.05) is 5.56 Å². The van der Waals surface area contributed by atoms with Crippen LogP contribution in [0.3, 0.4) is 0 Å². The highest BCUT2D eigenvalue weighted by atomic mass is 19.1. The lowest BCUT2D eigenvalue weighted by atomic mass is 10.1. The summed E-state index contributed by atoms with van der Waals surface area (Å²) < 4.78 is 26.2. The maximum atomic E-state index is 13.3. The van der Waals surface area contributed by atoms with Gasteiger partial charge in [-0.3, -0.25) is 0 Å². The summed E-state index contributed by atoms with van der Waals surface area (Å²) in [7, 11) is 0. The number of rotatable bonds is 1. The van der Waals surface area contributed by atoms with Gasteiger partial charge in [-0.05, 0) is 18.2 Å². The maximum absolute atomic E-state index is 13.3. The quantitative estimate of drug-likeness (QED) is 0.769. The number of aromatic nitrogens is 3. The number of halogens is 2. The summed E-state index contributed by atoms with van der Waals surface area (Å²) in [4.78, 5) is 3.64. The molecule has 15 heavy (non-hydrogen) atoms. The van der Waals surface area contributed by atoms with E-state index in [0.29, 0.717) is 0 Å². The number of nitrogens with zero attached hydrogens (tertiary/aromatic N) is 3. The summed E-state index contributed by atoms with van der Waals surface area (Å²) in [5.74, 6) is -1.18. The van der Waals surface area contributed by atoms with Crippen molar-refractivity contribution in [1.82, 2.24) is 15.2 Å². The summed E-state index contributed by atoms with van der Waals surface area (Å²) in [6, 6.07) is 3.01. The SMILES string of the molecule is Nc1ncnnc1-c1cc(F)ccc1F. The maximum Gasteiger partial charge on any atom is 0.153 e. The van der Waals surface area contributed by atoms with Crippen molar-refractivity contribution in [3.8, 4) is 11.3 Å². The Morgan fingerprint density at radius 1 is 1.20 bits per heavy atom. The van der Waals surface area contributed by atoms with Crippen LogP contribution in [-0.2, 0) is 0 Å². The molecule has 0 aliphatic heterocycles. The Bertz CT molecular complexity index is 501. The Kier molecular flexibility index (Phi) is 2.24. The van der Waals surface area contributed by atoms with E-state index in [4.69, 9.17) is 5.73 Å². The molecule has 0 radical (unpaired) electrons. The van der Waals surface area contributed by atoms with Crippen molar-refractivity contribution < 1.29 is 8.78 Å². The summed E-state index contributed by atoms with van der Waals surface area (Å²) >= 11 is 0. The zero-order valence-electron chi connectivity index (χ0n) is 7.48. The van der Waals surface area contributed by atoms with E-state index in [1.165, 1.54) is 0 Å². The zero-order valence-corrected chi connectivity index (χ0v) is 7.48. The largest absolute Gasteiger partial charge is 0.382 e. The Labute approximate surface area is 83.8 Å². The third-order valence-corrected chi connectivity index (χ3v) is 1.83. The lowest BCUT2D eigenvalue weighted by Gasteiger charge is -2.03. The van der Waals surface area contributed by atoms with Crippen molar-refractivity contribution in [2.24, 2.45) is 0 Å². The van der Waals surface area contributed by atoms with Crippen LogP contribution in [-0.4, -0.2) is 15.2 Å². The first-order valence-electron chi connectivity index (χ1n) is 4.07. The van der Waals surface area contributed by atoms with E-state index in [1.807, 2.05) is 0 Å². The van der Waals surface area contributed by atoms with Gasteiger partial charge in [0.05, 0.1) is 0 Å². The van der Waals surface area contributed by atoms with Gasteiger partial charge in [-0.1, -0.05) is 0 Å². The molecule has 1 heterocycles. The van der Waals surface area contributed by atoms with Gasteiger partial charge in [0.15, 0.2) is 5.82 Å². The van der Waals surface area contributed by atoms with Gasteiger partial charge < -0.3 is 5.73 Å². The molecular weight excluding hydrogens is 202 g/mol. The number of nitrogens with two attached hydrogens (primary N) is 1. The monoisotopic (exact) mass is 208 g/mol. The Hall–Kier alpha value is -2.11. The third-order valence-electron chi connectivity index (χ3n) is 1.83. The Morgan fingerprint density at radius 3 is 2.73 bits per heavy atom. The second-order valence-electron chi connectivity index (χ2n) is 2.82. The molecule has 0 amide bonds. The molecule has 2 aromatic rings. The predicted molar refractivity (Wildman–Crippen MR) is 49.6 cm³/mol. The fraction of sp³-hybridized carbons (Fsp3) is 0. The molecule has 0 aliphatic rings. The average Bonchev–Trinajstić information content (AvgIpc) is 2.23. The van der Waals surface area contributed by atoms with Gasteiger partial charge >= 0.3 is 0 Å². The van der Waals surface area contributed by atoms with E-state index in [1.54, 1.807) is 0 Å². The first-order chi connectivity index (χ1) is 7.18. The minimum Gasteiger partial charge on any atom is -0.382 e. The van der Waals surface area contributed by atoms with E-state index in [0.717, 1.165) is 24.5 Å². The molecule has 6 heteroatoms. The highest BCUT2D eigenvalue weighted by Crippen LogP contribution is 2.24. The van der Waals surface area contributed by atoms with Crippen LogP contribution in [0.1, 0.15) is 0 Å². The number of hydrogen-bond acceptors (Lipinski definition) is 4. The summed E-state index contributed by atoms with van der Waals surface area (Å²) in [5.41, 5.74) is 5.46. The zero-order chi connectivity index (χ0) is 10.8. The molecule has 4 nitrogen and oxygen atoms in total. The number of nitrogen functional groups attached to an aromatic ring is 1. The molecule has 0 saturated heterocycles. The van der Waals surface area contributed by atoms with Gasteiger partial charge in [-0.2, -0.15) is 0 Å². The van der Waals surface area contributed by atoms with Crippen molar-refractivity contribution >= 4 is 5.82 Å². The highest BCUT2D eigenvalue weighted by molar-refractivity contribution is 5.69. The molecule has 0 fully saturated rings. The lowest BCUT2D eigenvalue weighted by molar-refractivity contribution is 0.602. The van der Waals surface area contributed by atoms with E-state index in [-0.39, 0.29) is 17.1 Å². The van der Waals surface area contributed by atoms with Crippen molar-refractivity contribution in [3.05, 3.63) is 36.2 Å². The lowest BCUT2D eigenvalue weighted by Crippen LogP contribution is -2.00. The smallest absolute Gasteiger partial charge is 0.153 e. The van der Waals surface area contributed by atoms with Crippen LogP contribution in [0.15, 0.2) is 24.5 Å². The van der Waals surface area contributed by atoms with Crippen LogP contribution in [0.2, 0.25) is 0 Å². The molecule has 0 atom stereocenters. The summed E-state index contributed by atoms with van der Waals surface area (Å²) in [6.45, 7) is 0. The van der Waals surface area contributed by atoms with Crippen LogP contribution in [0, 0.1) is 11.6 Å². The molecule has 0 saturated carbocycles. The molecule has 0 unspecified atom stereocenters. The topological polar surface area (TPSA) is 64.7 Å². The molecule has 1 aromatic carbocycles. The van der Waals surface area contributed by atoms with Crippen LogP contribution in [0.25, 0.3) is 11.3 Å². The van der Waals surface area contributed by atoms with Gasteiger partial charge in [0.25, 0.3) is 0 Å². The second-order valence-corrected chi connectivity index (χ2v) is 2.82. The van der Waals surface area contributed by atoms with Gasteiger partial charge in [-0.15, -0.1) is 10.2 Å². The van der Waals surface area contributed by atoms with Crippen molar-refractivity contribution in [3.63, 3.8) is 0 Å². The normalized spacial score (nSPS) is 10.3. The fourth-order valence-electron chi connectivity index (χ4n) is 1.15. The van der Waals surface area contributed by atoms with Crippen molar-refractivity contribution in [2.75, 3.05) is 5.73 Å². The average molecular weight is 208 g/mol. The first-order valence-corrected chi connectivity index (χ1v) is 4.07. The summed E-state index contributed by atoms with van der Waals surface area (Å²) in [5, 5.41) is 7.07. The van der Waals surface area contributed by atoms with Gasteiger partial charge in [-0.25, -0.2) is 13.8 Å². The van der Waals surface area contributed by atoms with Crippen LogP contribution in [0.4, 0.5) is 14.6 Å². The van der Waals surface area contributed by atoms with Gasteiger partial charge in [0.1, 0.15) is 23.7 Å². The number of hydrogen-bond donors (Lipinski definition) is 1. The number of anilines is 1. The molecule has 2 N–H and O–H groups in total. The molecule has 0 bridgehead atoms. The summed E-state index contributed by atoms with van der Waals surface area (Å²) in [6.07, 6.45) is 1.13.